The molecule has 1 aromatic heterocycles. The first-order valence-corrected chi connectivity index (χ1v) is 10.7. The Labute approximate surface area is 187 Å². The molecule has 0 aliphatic rings. The molecule has 0 bridgehead atoms. The van der Waals surface area contributed by atoms with Crippen molar-refractivity contribution in [1.82, 2.24) is 9.55 Å². The Morgan fingerprint density at radius 2 is 1.75 bits per heavy atom. The molecule has 1 N–H and O–H groups in total. The molecule has 164 valence electrons. The minimum absolute atomic E-state index is 0.322. The summed E-state index contributed by atoms with van der Waals surface area (Å²) >= 11 is 0. The van der Waals surface area contributed by atoms with Crippen molar-refractivity contribution in [2.75, 3.05) is 7.11 Å². The molecule has 0 fully saturated rings. The molecule has 3 aromatic carbocycles. The first kappa shape index (κ1) is 21.4. The summed E-state index contributed by atoms with van der Waals surface area (Å²) in [5.74, 6) is 2.15. The van der Waals surface area contributed by atoms with Crippen molar-refractivity contribution in [3.05, 3.63) is 78.1 Å². The molecule has 0 amide bonds. The van der Waals surface area contributed by atoms with Crippen molar-refractivity contribution < 1.29 is 19.4 Å². The zero-order valence-corrected chi connectivity index (χ0v) is 18.2. The van der Waals surface area contributed by atoms with E-state index in [4.69, 9.17) is 19.6 Å². The SMILES string of the molecule is CCCCc1nc2c(OC)cccc2n1Cc1ccc(-c2ccccc2OC(=O)O)cc1. The number of hydrogen-bond donors (Lipinski definition) is 1. The molecule has 32 heavy (non-hydrogen) atoms. The number of unbranched alkanes of at least 4 members (excludes halogenated alkanes) is 1. The van der Waals surface area contributed by atoms with Crippen LogP contribution in [0.4, 0.5) is 4.79 Å². The second-order valence-electron chi connectivity index (χ2n) is 7.61. The number of rotatable bonds is 8. The van der Waals surface area contributed by atoms with Gasteiger partial charge in [0.05, 0.1) is 12.6 Å². The highest BCUT2D eigenvalue weighted by atomic mass is 16.7. The highest BCUT2D eigenvalue weighted by Gasteiger charge is 2.15. The van der Waals surface area contributed by atoms with Gasteiger partial charge in [0.15, 0.2) is 0 Å². The van der Waals surface area contributed by atoms with E-state index in [0.29, 0.717) is 12.3 Å². The average molecular weight is 431 g/mol. The van der Waals surface area contributed by atoms with Gasteiger partial charge in [0.25, 0.3) is 0 Å². The third-order valence-corrected chi connectivity index (χ3v) is 5.48. The fourth-order valence-corrected chi connectivity index (χ4v) is 3.90. The molecule has 0 saturated carbocycles. The molecule has 0 aliphatic heterocycles. The van der Waals surface area contributed by atoms with Crippen LogP contribution in [0.2, 0.25) is 0 Å². The smallest absolute Gasteiger partial charge is 0.494 e. The largest absolute Gasteiger partial charge is 0.511 e. The van der Waals surface area contributed by atoms with Gasteiger partial charge < -0.3 is 19.1 Å². The maximum atomic E-state index is 11.0. The Balaban J connectivity index is 1.66. The van der Waals surface area contributed by atoms with Crippen LogP contribution >= 0.6 is 0 Å². The first-order valence-electron chi connectivity index (χ1n) is 10.7. The molecule has 1 heterocycles. The standard InChI is InChI=1S/C26H26N2O4/c1-3-4-12-24-27-25-21(9-7-11-23(25)31-2)28(24)17-18-13-15-19(16-14-18)20-8-5-6-10-22(20)32-26(29)30/h5-11,13-16H,3-4,12,17H2,1-2H3,(H,29,30). The molecule has 0 saturated heterocycles. The predicted molar refractivity (Wildman–Crippen MR) is 125 cm³/mol. The third-order valence-electron chi connectivity index (χ3n) is 5.48. The number of carbonyl (C=O) groups is 1. The van der Waals surface area contributed by atoms with Gasteiger partial charge in [-0.15, -0.1) is 0 Å². The number of benzene rings is 3. The van der Waals surface area contributed by atoms with Crippen LogP contribution in [0.5, 0.6) is 11.5 Å². The van der Waals surface area contributed by atoms with Crippen LogP contribution in [-0.2, 0) is 13.0 Å². The predicted octanol–water partition coefficient (Wildman–Crippen LogP) is 6.16. The Morgan fingerprint density at radius 3 is 2.47 bits per heavy atom. The fourth-order valence-electron chi connectivity index (χ4n) is 3.90. The summed E-state index contributed by atoms with van der Waals surface area (Å²) in [6.07, 6.45) is 1.76. The maximum Gasteiger partial charge on any atom is 0.511 e. The van der Waals surface area contributed by atoms with E-state index >= 15 is 0 Å². The first-order chi connectivity index (χ1) is 15.6. The van der Waals surface area contributed by atoms with Gasteiger partial charge in [-0.2, -0.15) is 0 Å². The highest BCUT2D eigenvalue weighted by Crippen LogP contribution is 2.31. The van der Waals surface area contributed by atoms with Gasteiger partial charge in [0.1, 0.15) is 22.8 Å². The van der Waals surface area contributed by atoms with Crippen LogP contribution < -0.4 is 9.47 Å². The van der Waals surface area contributed by atoms with Crippen molar-refractivity contribution >= 4 is 17.2 Å². The highest BCUT2D eigenvalue weighted by molar-refractivity contribution is 5.82. The van der Waals surface area contributed by atoms with Crippen molar-refractivity contribution in [3.8, 4) is 22.6 Å². The second kappa shape index (κ2) is 9.56. The topological polar surface area (TPSA) is 73.6 Å². The molecular weight excluding hydrogens is 404 g/mol. The number of aryl methyl sites for hydroxylation is 1. The van der Waals surface area contributed by atoms with E-state index in [1.807, 2.05) is 36.4 Å². The molecule has 0 radical (unpaired) electrons. The fraction of sp³-hybridized carbons (Fsp3) is 0.231. The Kier molecular flexibility index (Phi) is 6.40. The average Bonchev–Trinajstić information content (AvgIpc) is 3.15. The molecule has 0 atom stereocenters. The van der Waals surface area contributed by atoms with Crippen LogP contribution in [0.3, 0.4) is 0 Å². The van der Waals surface area contributed by atoms with E-state index < -0.39 is 6.16 Å². The third kappa shape index (κ3) is 4.44. The monoisotopic (exact) mass is 430 g/mol. The van der Waals surface area contributed by atoms with Crippen LogP contribution in [0.15, 0.2) is 66.7 Å². The number of nitrogens with zero attached hydrogens (tertiary/aromatic N) is 2. The molecule has 0 spiro atoms. The van der Waals surface area contributed by atoms with Crippen molar-refractivity contribution in [2.45, 2.75) is 32.7 Å². The Bertz CT molecular complexity index is 1230. The van der Waals surface area contributed by atoms with E-state index in [-0.39, 0.29) is 0 Å². The summed E-state index contributed by atoms with van der Waals surface area (Å²) in [4.78, 5) is 15.9. The lowest BCUT2D eigenvalue weighted by molar-refractivity contribution is 0.144. The van der Waals surface area contributed by atoms with Crippen LogP contribution in [0.1, 0.15) is 31.2 Å². The minimum Gasteiger partial charge on any atom is -0.494 e. The van der Waals surface area contributed by atoms with Crippen molar-refractivity contribution in [2.24, 2.45) is 0 Å². The number of aromatic nitrogens is 2. The van der Waals surface area contributed by atoms with Gasteiger partial charge in [-0.25, -0.2) is 9.78 Å². The van der Waals surface area contributed by atoms with Crippen LogP contribution in [0, 0.1) is 0 Å². The van der Waals surface area contributed by atoms with Gasteiger partial charge in [-0.3, -0.25) is 0 Å². The zero-order valence-electron chi connectivity index (χ0n) is 18.2. The second-order valence-corrected chi connectivity index (χ2v) is 7.61. The molecule has 0 aliphatic carbocycles. The Morgan fingerprint density at radius 1 is 1.00 bits per heavy atom. The van der Waals surface area contributed by atoms with Gasteiger partial charge in [-0.05, 0) is 35.7 Å². The van der Waals surface area contributed by atoms with E-state index in [9.17, 15) is 4.79 Å². The van der Waals surface area contributed by atoms with Gasteiger partial charge in [0, 0.05) is 18.5 Å². The lowest BCUT2D eigenvalue weighted by Gasteiger charge is -2.12. The normalized spacial score (nSPS) is 10.9. The number of hydrogen-bond acceptors (Lipinski definition) is 4. The molecule has 6 heteroatoms. The van der Waals surface area contributed by atoms with Gasteiger partial charge in [-0.1, -0.05) is 61.9 Å². The summed E-state index contributed by atoms with van der Waals surface area (Å²) in [5.41, 5.74) is 4.71. The lowest BCUT2D eigenvalue weighted by atomic mass is 10.0. The maximum absolute atomic E-state index is 11.0. The summed E-state index contributed by atoms with van der Waals surface area (Å²) in [7, 11) is 1.67. The molecule has 0 unspecified atom stereocenters. The summed E-state index contributed by atoms with van der Waals surface area (Å²) in [6.45, 7) is 2.87. The summed E-state index contributed by atoms with van der Waals surface area (Å²) < 4.78 is 12.7. The quantitative estimate of drug-likeness (QED) is 0.268. The number of carboxylic acid groups (broad SMARTS) is 1. The van der Waals surface area contributed by atoms with E-state index in [2.05, 4.69) is 29.7 Å². The number of fused-ring (bicyclic) bond motifs is 1. The van der Waals surface area contributed by atoms with Crippen molar-refractivity contribution in [1.29, 1.82) is 0 Å². The summed E-state index contributed by atoms with van der Waals surface area (Å²) in [6, 6.07) is 21.2. The van der Waals surface area contributed by atoms with Gasteiger partial charge >= 0.3 is 6.16 Å². The number of imidazole rings is 1. The Hall–Kier alpha value is -3.80. The molecular formula is C26H26N2O4. The molecule has 4 aromatic rings. The zero-order chi connectivity index (χ0) is 22.5. The van der Waals surface area contributed by atoms with E-state index in [1.54, 1.807) is 19.2 Å². The number of methoxy groups -OCH3 is 1. The molecule has 6 nitrogen and oxygen atoms in total. The van der Waals surface area contributed by atoms with Crippen LogP contribution in [0.25, 0.3) is 22.2 Å². The van der Waals surface area contributed by atoms with Crippen molar-refractivity contribution in [3.63, 3.8) is 0 Å². The lowest BCUT2D eigenvalue weighted by Crippen LogP contribution is -2.05. The number of para-hydroxylation sites is 2. The van der Waals surface area contributed by atoms with Crippen LogP contribution in [-0.4, -0.2) is 27.9 Å². The van der Waals surface area contributed by atoms with Gasteiger partial charge in [0.2, 0.25) is 0 Å². The summed E-state index contributed by atoms with van der Waals surface area (Å²) in [5, 5.41) is 9.00. The van der Waals surface area contributed by atoms with E-state index in [0.717, 1.165) is 58.6 Å². The molecule has 4 rings (SSSR count). The van der Waals surface area contributed by atoms with E-state index in [1.165, 1.54) is 0 Å². The number of ether oxygens (including phenoxy) is 2. The minimum atomic E-state index is -1.32.